The van der Waals surface area contributed by atoms with Crippen LogP contribution in [0, 0.1) is 0 Å². The summed E-state index contributed by atoms with van der Waals surface area (Å²) >= 11 is 5.89. The highest BCUT2D eigenvalue weighted by Crippen LogP contribution is 2.26. The van der Waals surface area contributed by atoms with Crippen molar-refractivity contribution in [1.82, 2.24) is 15.0 Å². The number of hydrogen-bond acceptors (Lipinski definition) is 4. The van der Waals surface area contributed by atoms with E-state index in [4.69, 9.17) is 0 Å². The van der Waals surface area contributed by atoms with E-state index >= 15 is 0 Å². The monoisotopic (exact) mass is 261 g/mol. The fourth-order valence-electron chi connectivity index (χ4n) is 1.74. The standard InChI is InChI=1S/C12H11N3S2/c16-4-3-9-6-17-12(15-9)8-1-2-10-11(5-8)14-7-13-10/h1-2,5-7,16H,3-4H2,(H,13,14). The summed E-state index contributed by atoms with van der Waals surface area (Å²) in [6.45, 7) is 0. The fraction of sp³-hybridized carbons (Fsp3) is 0.167. The van der Waals surface area contributed by atoms with Gasteiger partial charge in [0, 0.05) is 10.9 Å². The largest absolute Gasteiger partial charge is 0.345 e. The number of hydrogen-bond donors (Lipinski definition) is 2. The lowest BCUT2D eigenvalue weighted by molar-refractivity contribution is 1.08. The predicted octanol–water partition coefficient (Wildman–Crippen LogP) is 3.16. The number of thiazole rings is 1. The third-order valence-corrected chi connectivity index (χ3v) is 3.75. The normalized spacial score (nSPS) is 11.1. The topological polar surface area (TPSA) is 41.6 Å². The Morgan fingerprint density at radius 3 is 3.18 bits per heavy atom. The molecule has 0 unspecified atom stereocenters. The molecule has 2 aromatic heterocycles. The average molecular weight is 261 g/mol. The molecule has 86 valence electrons. The molecular formula is C12H11N3S2. The fourth-order valence-corrected chi connectivity index (χ4v) is 2.82. The molecule has 0 aliphatic heterocycles. The summed E-state index contributed by atoms with van der Waals surface area (Å²) < 4.78 is 0. The molecule has 0 aliphatic carbocycles. The summed E-state index contributed by atoms with van der Waals surface area (Å²) in [5.74, 6) is 0.836. The van der Waals surface area contributed by atoms with Gasteiger partial charge in [-0.2, -0.15) is 12.6 Å². The minimum atomic E-state index is 0.836. The molecule has 1 N–H and O–H groups in total. The summed E-state index contributed by atoms with van der Waals surface area (Å²) in [5, 5.41) is 3.15. The Labute approximate surface area is 108 Å². The van der Waals surface area contributed by atoms with Gasteiger partial charge in [0.2, 0.25) is 0 Å². The minimum absolute atomic E-state index is 0.836. The molecule has 0 amide bonds. The van der Waals surface area contributed by atoms with E-state index in [0.717, 1.165) is 39.5 Å². The maximum atomic E-state index is 4.60. The second-order valence-electron chi connectivity index (χ2n) is 3.75. The van der Waals surface area contributed by atoms with Crippen LogP contribution in [0.3, 0.4) is 0 Å². The number of aromatic amines is 1. The lowest BCUT2D eigenvalue weighted by Gasteiger charge is -1.96. The molecule has 3 nitrogen and oxygen atoms in total. The van der Waals surface area contributed by atoms with Crippen LogP contribution in [0.5, 0.6) is 0 Å². The van der Waals surface area contributed by atoms with E-state index in [1.165, 1.54) is 0 Å². The number of rotatable bonds is 3. The highest BCUT2D eigenvalue weighted by Gasteiger charge is 2.06. The van der Waals surface area contributed by atoms with Crippen LogP contribution in [-0.2, 0) is 6.42 Å². The third-order valence-electron chi connectivity index (χ3n) is 2.59. The number of H-pyrrole nitrogens is 1. The van der Waals surface area contributed by atoms with Crippen molar-refractivity contribution in [1.29, 1.82) is 0 Å². The van der Waals surface area contributed by atoms with Crippen LogP contribution < -0.4 is 0 Å². The predicted molar refractivity (Wildman–Crippen MR) is 74.8 cm³/mol. The molecule has 0 spiro atoms. The van der Waals surface area contributed by atoms with Crippen LogP contribution in [0.4, 0.5) is 0 Å². The van der Waals surface area contributed by atoms with Crippen molar-refractivity contribution in [3.05, 3.63) is 35.6 Å². The van der Waals surface area contributed by atoms with E-state index < -0.39 is 0 Å². The Balaban J connectivity index is 2.00. The molecule has 2 heterocycles. The van der Waals surface area contributed by atoms with Crippen molar-refractivity contribution < 1.29 is 0 Å². The Kier molecular flexibility index (Phi) is 2.86. The Bertz CT molecular complexity index is 642. The first-order chi connectivity index (χ1) is 8.36. The molecule has 0 saturated heterocycles. The molecule has 0 atom stereocenters. The summed E-state index contributed by atoms with van der Waals surface area (Å²) in [7, 11) is 0. The average Bonchev–Trinajstić information content (AvgIpc) is 2.96. The molecule has 1 aromatic carbocycles. The molecule has 0 radical (unpaired) electrons. The number of benzene rings is 1. The maximum absolute atomic E-state index is 4.60. The van der Waals surface area contributed by atoms with Crippen LogP contribution in [0.1, 0.15) is 5.69 Å². The van der Waals surface area contributed by atoms with Gasteiger partial charge >= 0.3 is 0 Å². The Morgan fingerprint density at radius 1 is 1.35 bits per heavy atom. The van der Waals surface area contributed by atoms with Gasteiger partial charge in [-0.05, 0) is 30.4 Å². The van der Waals surface area contributed by atoms with Gasteiger partial charge < -0.3 is 4.98 Å². The lowest BCUT2D eigenvalue weighted by atomic mass is 10.2. The van der Waals surface area contributed by atoms with Crippen LogP contribution >= 0.6 is 24.0 Å². The number of aromatic nitrogens is 3. The second-order valence-corrected chi connectivity index (χ2v) is 5.06. The highest BCUT2D eigenvalue weighted by molar-refractivity contribution is 7.80. The van der Waals surface area contributed by atoms with Gasteiger partial charge in [0.15, 0.2) is 0 Å². The zero-order valence-corrected chi connectivity index (χ0v) is 10.8. The first kappa shape index (κ1) is 10.8. The van der Waals surface area contributed by atoms with Crippen LogP contribution in [0.25, 0.3) is 21.6 Å². The van der Waals surface area contributed by atoms with Crippen molar-refractivity contribution in [2.24, 2.45) is 0 Å². The highest BCUT2D eigenvalue weighted by atomic mass is 32.1. The van der Waals surface area contributed by atoms with Gasteiger partial charge in [0.25, 0.3) is 0 Å². The number of fused-ring (bicyclic) bond motifs is 1. The van der Waals surface area contributed by atoms with Gasteiger partial charge in [-0.1, -0.05) is 0 Å². The van der Waals surface area contributed by atoms with Crippen LogP contribution in [-0.4, -0.2) is 20.7 Å². The second kappa shape index (κ2) is 4.50. The van der Waals surface area contributed by atoms with Crippen molar-refractivity contribution >= 4 is 35.0 Å². The minimum Gasteiger partial charge on any atom is -0.345 e. The molecule has 3 aromatic rings. The molecule has 17 heavy (non-hydrogen) atoms. The van der Waals surface area contributed by atoms with E-state index in [2.05, 4.69) is 45.1 Å². The summed E-state index contributed by atoms with van der Waals surface area (Å²) in [5.41, 5.74) is 4.29. The quantitative estimate of drug-likeness (QED) is 0.711. The molecule has 0 fully saturated rings. The van der Waals surface area contributed by atoms with Gasteiger partial charge in [-0.3, -0.25) is 0 Å². The Morgan fingerprint density at radius 2 is 2.29 bits per heavy atom. The number of nitrogens with one attached hydrogen (secondary N) is 1. The van der Waals surface area contributed by atoms with Crippen molar-refractivity contribution in [2.45, 2.75) is 6.42 Å². The molecule has 0 bridgehead atoms. The SMILES string of the molecule is SCCc1csc(-c2ccc3nc[nH]c3c2)n1. The first-order valence-corrected chi connectivity index (χ1v) is 6.87. The molecule has 0 saturated carbocycles. The van der Waals surface area contributed by atoms with E-state index in [-0.39, 0.29) is 0 Å². The molecule has 0 aliphatic rings. The summed E-state index contributed by atoms with van der Waals surface area (Å²) in [6, 6.07) is 6.17. The molecule has 3 rings (SSSR count). The van der Waals surface area contributed by atoms with E-state index in [1.807, 2.05) is 6.07 Å². The van der Waals surface area contributed by atoms with Crippen molar-refractivity contribution in [3.63, 3.8) is 0 Å². The van der Waals surface area contributed by atoms with Gasteiger partial charge in [-0.25, -0.2) is 9.97 Å². The summed E-state index contributed by atoms with van der Waals surface area (Å²) in [6.07, 6.45) is 2.63. The molecule has 5 heteroatoms. The zero-order valence-electron chi connectivity index (χ0n) is 9.05. The number of nitrogens with zero attached hydrogens (tertiary/aromatic N) is 2. The van der Waals surface area contributed by atoms with Crippen molar-refractivity contribution in [3.8, 4) is 10.6 Å². The van der Waals surface area contributed by atoms with Gasteiger partial charge in [0.05, 0.1) is 23.1 Å². The van der Waals surface area contributed by atoms with Crippen LogP contribution in [0.2, 0.25) is 0 Å². The third kappa shape index (κ3) is 2.08. The Hall–Kier alpha value is -1.33. The first-order valence-electron chi connectivity index (χ1n) is 5.35. The maximum Gasteiger partial charge on any atom is 0.123 e. The van der Waals surface area contributed by atoms with E-state index in [1.54, 1.807) is 17.7 Å². The van der Waals surface area contributed by atoms with Crippen molar-refractivity contribution in [2.75, 3.05) is 5.75 Å². The number of aryl methyl sites for hydroxylation is 1. The van der Waals surface area contributed by atoms with E-state index in [0.29, 0.717) is 0 Å². The van der Waals surface area contributed by atoms with Crippen LogP contribution in [0.15, 0.2) is 29.9 Å². The van der Waals surface area contributed by atoms with E-state index in [9.17, 15) is 0 Å². The smallest absolute Gasteiger partial charge is 0.123 e. The molecular weight excluding hydrogens is 250 g/mol. The van der Waals surface area contributed by atoms with Gasteiger partial charge in [0.1, 0.15) is 5.01 Å². The summed E-state index contributed by atoms with van der Waals surface area (Å²) in [4.78, 5) is 11.9. The zero-order chi connectivity index (χ0) is 11.7. The number of imidazole rings is 1. The van der Waals surface area contributed by atoms with Gasteiger partial charge in [-0.15, -0.1) is 11.3 Å². The number of thiol groups is 1. The lowest BCUT2D eigenvalue weighted by Crippen LogP contribution is -1.86.